The van der Waals surface area contributed by atoms with Crippen LogP contribution in [0.4, 0.5) is 4.79 Å². The highest BCUT2D eigenvalue weighted by molar-refractivity contribution is 5.85. The lowest BCUT2D eigenvalue weighted by molar-refractivity contribution is -0.133. The van der Waals surface area contributed by atoms with Gasteiger partial charge >= 0.3 is 6.03 Å². The second-order valence-corrected chi connectivity index (χ2v) is 7.27. The van der Waals surface area contributed by atoms with E-state index >= 15 is 0 Å². The molecule has 0 aliphatic carbocycles. The molecule has 2 aromatic rings. The number of hydrogen-bond donors (Lipinski definition) is 1. The van der Waals surface area contributed by atoms with E-state index in [1.54, 1.807) is 17.4 Å². The van der Waals surface area contributed by atoms with Crippen molar-refractivity contribution in [2.75, 3.05) is 19.6 Å². The first-order chi connectivity index (χ1) is 13.2. The predicted molar refractivity (Wildman–Crippen MR) is 101 cm³/mol. The summed E-state index contributed by atoms with van der Waals surface area (Å²) in [6, 6.07) is 10.0. The van der Waals surface area contributed by atoms with Crippen molar-refractivity contribution in [2.45, 2.75) is 37.9 Å². The van der Waals surface area contributed by atoms with Gasteiger partial charge in [-0.1, -0.05) is 30.3 Å². The molecular weight excluding hydrogens is 342 g/mol. The standard InChI is InChI=1S/C20H25N5O2/c26-19(25-10-4-7-17(25)13-23-12-9-21-15-23)14-24-11-8-18(22-20(24)27)16-5-2-1-3-6-16/h1-3,5-6,9,12,15,17-18H,4,7-8,10-11,13-14H2,(H,22,27)/t17-,18?/m1/s1. The van der Waals surface area contributed by atoms with E-state index in [0.717, 1.165) is 37.9 Å². The van der Waals surface area contributed by atoms with Crippen molar-refractivity contribution in [3.8, 4) is 0 Å². The van der Waals surface area contributed by atoms with Crippen LogP contribution in [0.15, 0.2) is 49.1 Å². The summed E-state index contributed by atoms with van der Waals surface area (Å²) in [5.74, 6) is 0.0333. The van der Waals surface area contributed by atoms with Gasteiger partial charge in [-0.05, 0) is 24.8 Å². The minimum absolute atomic E-state index is 0.0193. The van der Waals surface area contributed by atoms with Crippen LogP contribution >= 0.6 is 0 Å². The molecule has 2 aliphatic heterocycles. The number of aromatic nitrogens is 2. The summed E-state index contributed by atoms with van der Waals surface area (Å²) < 4.78 is 2.01. The zero-order chi connectivity index (χ0) is 18.6. The van der Waals surface area contributed by atoms with Crippen LogP contribution in [0, 0.1) is 0 Å². The average molecular weight is 367 g/mol. The van der Waals surface area contributed by atoms with E-state index in [4.69, 9.17) is 0 Å². The van der Waals surface area contributed by atoms with Gasteiger partial charge < -0.3 is 19.7 Å². The fourth-order valence-electron chi connectivity index (χ4n) is 4.03. The van der Waals surface area contributed by atoms with Gasteiger partial charge in [0.05, 0.1) is 12.4 Å². The molecule has 1 aromatic heterocycles. The zero-order valence-electron chi connectivity index (χ0n) is 15.3. The highest BCUT2D eigenvalue weighted by atomic mass is 16.2. The van der Waals surface area contributed by atoms with Gasteiger partial charge in [-0.15, -0.1) is 0 Å². The first-order valence-electron chi connectivity index (χ1n) is 9.56. The summed E-state index contributed by atoms with van der Waals surface area (Å²) >= 11 is 0. The van der Waals surface area contributed by atoms with Crippen LogP contribution in [0.1, 0.15) is 30.9 Å². The first kappa shape index (κ1) is 17.6. The SMILES string of the molecule is O=C1NC(c2ccccc2)CCN1CC(=O)N1CCC[C@@H]1Cn1ccnc1. The Morgan fingerprint density at radius 2 is 2.04 bits per heavy atom. The van der Waals surface area contributed by atoms with Crippen molar-refractivity contribution in [1.82, 2.24) is 24.7 Å². The molecule has 2 fully saturated rings. The van der Waals surface area contributed by atoms with Crippen LogP contribution in [-0.2, 0) is 11.3 Å². The molecule has 3 heterocycles. The van der Waals surface area contributed by atoms with Crippen LogP contribution < -0.4 is 5.32 Å². The molecule has 4 rings (SSSR count). The summed E-state index contributed by atoms with van der Waals surface area (Å²) in [5, 5.41) is 3.03. The number of amides is 3. The Bertz CT molecular complexity index is 777. The quantitative estimate of drug-likeness (QED) is 0.879. The van der Waals surface area contributed by atoms with E-state index in [2.05, 4.69) is 10.3 Å². The molecule has 2 saturated heterocycles. The van der Waals surface area contributed by atoms with Gasteiger partial charge in [0.25, 0.3) is 0 Å². The summed E-state index contributed by atoms with van der Waals surface area (Å²) in [7, 11) is 0. The van der Waals surface area contributed by atoms with Gasteiger partial charge in [-0.2, -0.15) is 0 Å². The molecule has 0 bridgehead atoms. The van der Waals surface area contributed by atoms with Crippen molar-refractivity contribution >= 4 is 11.9 Å². The van der Waals surface area contributed by atoms with Gasteiger partial charge in [0.2, 0.25) is 5.91 Å². The summed E-state index contributed by atoms with van der Waals surface area (Å²) in [4.78, 5) is 33.0. The average Bonchev–Trinajstić information content (AvgIpc) is 3.36. The summed E-state index contributed by atoms with van der Waals surface area (Å²) in [6.45, 7) is 2.26. The van der Waals surface area contributed by atoms with Gasteiger partial charge in [0, 0.05) is 38.1 Å². The minimum atomic E-state index is -0.159. The number of nitrogens with zero attached hydrogens (tertiary/aromatic N) is 4. The largest absolute Gasteiger partial charge is 0.336 e. The van der Waals surface area contributed by atoms with Crippen molar-refractivity contribution in [1.29, 1.82) is 0 Å². The van der Waals surface area contributed by atoms with E-state index in [-0.39, 0.29) is 30.6 Å². The molecular formula is C20H25N5O2. The maximum Gasteiger partial charge on any atom is 0.318 e. The molecule has 2 aliphatic rings. The Hall–Kier alpha value is -2.83. The molecule has 27 heavy (non-hydrogen) atoms. The molecule has 0 radical (unpaired) electrons. The summed E-state index contributed by atoms with van der Waals surface area (Å²) in [5.41, 5.74) is 1.11. The number of hydrogen-bond acceptors (Lipinski definition) is 3. The first-order valence-corrected chi connectivity index (χ1v) is 9.56. The highest BCUT2D eigenvalue weighted by Gasteiger charge is 2.32. The molecule has 1 unspecified atom stereocenters. The fraction of sp³-hybridized carbons (Fsp3) is 0.450. The Kier molecular flexibility index (Phi) is 5.09. The van der Waals surface area contributed by atoms with Crippen LogP contribution in [-0.4, -0.2) is 57.0 Å². The molecule has 1 N–H and O–H groups in total. The van der Waals surface area contributed by atoms with Gasteiger partial charge in [0.1, 0.15) is 6.54 Å². The third-order valence-corrected chi connectivity index (χ3v) is 5.48. The summed E-state index contributed by atoms with van der Waals surface area (Å²) in [6.07, 6.45) is 8.26. The molecule has 0 spiro atoms. The van der Waals surface area contributed by atoms with Crippen LogP contribution in [0.3, 0.4) is 0 Å². The molecule has 1 aromatic carbocycles. The van der Waals surface area contributed by atoms with Gasteiger partial charge in [-0.3, -0.25) is 4.79 Å². The molecule has 2 atom stereocenters. The number of imidazole rings is 1. The Morgan fingerprint density at radius 3 is 2.78 bits per heavy atom. The molecule has 7 nitrogen and oxygen atoms in total. The minimum Gasteiger partial charge on any atom is -0.336 e. The van der Waals surface area contributed by atoms with Crippen molar-refractivity contribution in [3.63, 3.8) is 0 Å². The Balaban J connectivity index is 1.33. The number of rotatable bonds is 5. The molecule has 0 saturated carbocycles. The van der Waals surface area contributed by atoms with E-state index in [0.29, 0.717) is 6.54 Å². The fourth-order valence-corrected chi connectivity index (χ4v) is 4.03. The number of carbonyl (C=O) groups is 2. The lowest BCUT2D eigenvalue weighted by atomic mass is 10.0. The number of carbonyl (C=O) groups excluding carboxylic acids is 2. The monoisotopic (exact) mass is 367 g/mol. The molecule has 3 amide bonds. The lowest BCUT2D eigenvalue weighted by Gasteiger charge is -2.34. The van der Waals surface area contributed by atoms with Gasteiger partial charge in [-0.25, -0.2) is 9.78 Å². The zero-order valence-corrected chi connectivity index (χ0v) is 15.3. The Labute approximate surface area is 159 Å². The van der Waals surface area contributed by atoms with Crippen molar-refractivity contribution < 1.29 is 9.59 Å². The van der Waals surface area contributed by atoms with Crippen molar-refractivity contribution in [3.05, 3.63) is 54.6 Å². The second-order valence-electron chi connectivity index (χ2n) is 7.27. The maximum atomic E-state index is 12.8. The predicted octanol–water partition coefficient (Wildman–Crippen LogP) is 2.03. The maximum absolute atomic E-state index is 12.8. The number of urea groups is 1. The van der Waals surface area contributed by atoms with Crippen LogP contribution in [0.2, 0.25) is 0 Å². The van der Waals surface area contributed by atoms with E-state index in [1.165, 1.54) is 0 Å². The van der Waals surface area contributed by atoms with Crippen molar-refractivity contribution in [2.24, 2.45) is 0 Å². The normalized spacial score (nSPS) is 22.7. The third-order valence-electron chi connectivity index (χ3n) is 5.48. The van der Waals surface area contributed by atoms with E-state index in [9.17, 15) is 9.59 Å². The van der Waals surface area contributed by atoms with Crippen LogP contribution in [0.5, 0.6) is 0 Å². The smallest absolute Gasteiger partial charge is 0.318 e. The van der Waals surface area contributed by atoms with Crippen LogP contribution in [0.25, 0.3) is 0 Å². The number of nitrogens with one attached hydrogen (secondary N) is 1. The topological polar surface area (TPSA) is 70.5 Å². The van der Waals surface area contributed by atoms with Gasteiger partial charge in [0.15, 0.2) is 0 Å². The molecule has 142 valence electrons. The number of benzene rings is 1. The van der Waals surface area contributed by atoms with E-state index in [1.807, 2.05) is 46.0 Å². The highest BCUT2D eigenvalue weighted by Crippen LogP contribution is 2.23. The third kappa shape index (κ3) is 3.97. The second kappa shape index (κ2) is 7.82. The molecule has 7 heteroatoms. The number of likely N-dealkylation sites (tertiary alicyclic amines) is 1. The van der Waals surface area contributed by atoms with E-state index < -0.39 is 0 Å². The lowest BCUT2D eigenvalue weighted by Crippen LogP contribution is -2.52. The Morgan fingerprint density at radius 1 is 1.19 bits per heavy atom.